The molecule has 6 nitrogen and oxygen atoms in total. The number of hydrogen-bond donors (Lipinski definition) is 0. The van der Waals surface area contributed by atoms with Gasteiger partial charge in [-0.15, -0.1) is 5.10 Å². The zero-order chi connectivity index (χ0) is 46.1. The zero-order valence-corrected chi connectivity index (χ0v) is 40.1. The summed E-state index contributed by atoms with van der Waals surface area (Å²) in [6.45, 7) is 27.1. The fourth-order valence-corrected chi connectivity index (χ4v) is 8.53. The van der Waals surface area contributed by atoms with Gasteiger partial charge in [0.15, 0.2) is 5.82 Å². The largest absolute Gasteiger partial charge is 0.458 e. The molecule has 328 valence electrons. The van der Waals surface area contributed by atoms with Crippen LogP contribution >= 0.6 is 0 Å². The van der Waals surface area contributed by atoms with E-state index in [4.69, 9.17) is 14.8 Å². The Labute approximate surface area is 385 Å². The van der Waals surface area contributed by atoms with Crippen LogP contribution in [0.5, 0.6) is 11.5 Å². The second kappa shape index (κ2) is 16.0. The van der Waals surface area contributed by atoms with E-state index in [1.807, 2.05) is 23.0 Å². The Morgan fingerprint density at radius 1 is 0.492 bits per heavy atom. The first-order chi connectivity index (χ1) is 30.7. The molecule has 3 heterocycles. The van der Waals surface area contributed by atoms with Crippen molar-refractivity contribution in [3.8, 4) is 51.2 Å². The van der Waals surface area contributed by atoms with Gasteiger partial charge in [-0.25, -0.2) is 4.98 Å². The van der Waals surface area contributed by atoms with E-state index >= 15 is 0 Å². The van der Waals surface area contributed by atoms with Crippen molar-refractivity contribution >= 4 is 21.8 Å². The van der Waals surface area contributed by atoms with E-state index in [0.29, 0.717) is 5.75 Å². The van der Waals surface area contributed by atoms with Crippen molar-refractivity contribution in [3.05, 3.63) is 180 Å². The van der Waals surface area contributed by atoms with Crippen LogP contribution in [0.3, 0.4) is 0 Å². The van der Waals surface area contributed by atoms with Crippen molar-refractivity contribution in [3.63, 3.8) is 0 Å². The highest BCUT2D eigenvalue weighted by molar-refractivity contribution is 6.09. The van der Waals surface area contributed by atoms with Crippen LogP contribution in [0, 0.1) is 6.33 Å². The number of para-hydroxylation sites is 1. The van der Waals surface area contributed by atoms with Crippen LogP contribution in [0.25, 0.3) is 61.5 Å². The molecule has 0 bridgehead atoms. The van der Waals surface area contributed by atoms with E-state index in [-0.39, 0.29) is 21.7 Å². The Bertz CT molecular complexity index is 3180. The van der Waals surface area contributed by atoms with E-state index < -0.39 is 0 Å². The fraction of sp³-hybridized carbons (Fsp3) is 0.271. The molecule has 9 rings (SSSR count). The maximum Gasteiger partial charge on any atom is 0.273 e. The number of nitrogens with zero attached hydrogens (tertiary/aromatic N) is 5. The smallest absolute Gasteiger partial charge is 0.273 e. The standard InChI is InChI=1S/C59H61N5O/c1-56(2,3)40-25-27-48(39-19-14-13-15-20-39)51(34-40)55-61-63(45-32-42(58(7,8)9)31-43(33-45)59(10,11)12)38-62(55)44-21-18-22-46(36-44)65-47-26-28-50-49-23-16-17-24-52(49)64(53(50)37-47)54-35-41(29-30-60-54)57(4,5)6/h13-37H,1-12H3. The summed E-state index contributed by atoms with van der Waals surface area (Å²) in [5, 5.41) is 7.80. The van der Waals surface area contributed by atoms with Gasteiger partial charge in [-0.2, -0.15) is 4.68 Å². The third-order valence-corrected chi connectivity index (χ3v) is 12.5. The third-order valence-electron chi connectivity index (χ3n) is 12.5. The summed E-state index contributed by atoms with van der Waals surface area (Å²) in [5.74, 6) is 3.09. The van der Waals surface area contributed by atoms with Gasteiger partial charge in [0.2, 0.25) is 0 Å². The molecule has 9 aromatic rings. The Kier molecular flexibility index (Phi) is 10.7. The second-order valence-electron chi connectivity index (χ2n) is 21.6. The monoisotopic (exact) mass is 855 g/mol. The minimum Gasteiger partial charge on any atom is -0.458 e. The molecule has 65 heavy (non-hydrogen) atoms. The quantitative estimate of drug-likeness (QED) is 0.119. The summed E-state index contributed by atoms with van der Waals surface area (Å²) in [4.78, 5) is 4.90. The highest BCUT2D eigenvalue weighted by atomic mass is 16.5. The zero-order valence-electron chi connectivity index (χ0n) is 40.1. The number of pyridine rings is 1. The highest BCUT2D eigenvalue weighted by Crippen LogP contribution is 2.39. The molecule has 0 aliphatic heterocycles. The molecule has 6 heteroatoms. The number of aromatic nitrogens is 5. The minimum absolute atomic E-state index is 0.0219. The Morgan fingerprint density at radius 2 is 1.12 bits per heavy atom. The number of benzene rings is 6. The first kappa shape index (κ1) is 43.5. The molecule has 0 aliphatic carbocycles. The van der Waals surface area contributed by atoms with Crippen molar-refractivity contribution in [2.75, 3.05) is 0 Å². The SMILES string of the molecule is CC(C)(C)c1cc(-[n+]2[c-]n(-c3cccc(Oc4ccc5c6ccccc6n(-c6cc(C(C)(C)C)ccn6)c5c4)c3)c(-c3cc(C(C)(C)C)ccc3-c3ccccc3)n2)cc(C(C)(C)C)c1. The summed E-state index contributed by atoms with van der Waals surface area (Å²) in [6, 6.07) is 51.7. The van der Waals surface area contributed by atoms with Crippen molar-refractivity contribution in [2.24, 2.45) is 0 Å². The molecule has 0 saturated carbocycles. The molecule has 6 aromatic carbocycles. The molecular formula is C59H61N5O. The van der Waals surface area contributed by atoms with Crippen LogP contribution in [-0.2, 0) is 21.7 Å². The van der Waals surface area contributed by atoms with E-state index in [1.165, 1.54) is 27.6 Å². The van der Waals surface area contributed by atoms with Crippen LogP contribution in [0.2, 0.25) is 0 Å². The molecule has 0 amide bonds. The lowest BCUT2D eigenvalue weighted by Gasteiger charge is -2.26. The van der Waals surface area contributed by atoms with Crippen molar-refractivity contribution in [1.82, 2.24) is 19.2 Å². The molecule has 0 atom stereocenters. The Hall–Kier alpha value is -6.79. The normalized spacial score (nSPS) is 12.6. The van der Waals surface area contributed by atoms with Crippen LogP contribution in [-0.4, -0.2) is 19.2 Å². The molecular weight excluding hydrogens is 795 g/mol. The minimum atomic E-state index is -0.0876. The maximum atomic E-state index is 6.83. The first-order valence-corrected chi connectivity index (χ1v) is 22.8. The highest BCUT2D eigenvalue weighted by Gasteiger charge is 2.26. The predicted octanol–water partition coefficient (Wildman–Crippen LogP) is 14.8. The molecule has 3 aromatic heterocycles. The van der Waals surface area contributed by atoms with E-state index in [0.717, 1.165) is 61.9 Å². The van der Waals surface area contributed by atoms with Crippen LogP contribution in [0.15, 0.2) is 152 Å². The van der Waals surface area contributed by atoms with Crippen LogP contribution in [0.1, 0.15) is 105 Å². The molecule has 0 unspecified atom stereocenters. The molecule has 0 N–H and O–H groups in total. The lowest BCUT2D eigenvalue weighted by molar-refractivity contribution is -0.660. The molecule has 0 spiro atoms. The Morgan fingerprint density at radius 3 is 1.82 bits per heavy atom. The van der Waals surface area contributed by atoms with Gasteiger partial charge in [-0.3, -0.25) is 9.13 Å². The van der Waals surface area contributed by atoms with Crippen molar-refractivity contribution < 1.29 is 9.42 Å². The number of hydrogen-bond acceptors (Lipinski definition) is 3. The average Bonchev–Trinajstić information content (AvgIpc) is 3.85. The summed E-state index contributed by atoms with van der Waals surface area (Å²) >= 11 is 0. The molecule has 0 saturated heterocycles. The Balaban J connectivity index is 1.21. The van der Waals surface area contributed by atoms with Gasteiger partial charge in [0, 0.05) is 28.6 Å². The van der Waals surface area contributed by atoms with Gasteiger partial charge < -0.3 is 4.74 Å². The summed E-state index contributed by atoms with van der Waals surface area (Å²) in [7, 11) is 0. The van der Waals surface area contributed by atoms with Gasteiger partial charge in [-0.05, 0) is 97.5 Å². The fourth-order valence-electron chi connectivity index (χ4n) is 8.53. The van der Waals surface area contributed by atoms with Crippen molar-refractivity contribution in [1.29, 1.82) is 0 Å². The first-order valence-electron chi connectivity index (χ1n) is 22.8. The van der Waals surface area contributed by atoms with Crippen LogP contribution in [0.4, 0.5) is 0 Å². The van der Waals surface area contributed by atoms with E-state index in [1.54, 1.807) is 0 Å². The van der Waals surface area contributed by atoms with Gasteiger partial charge in [0.05, 0.1) is 22.4 Å². The van der Waals surface area contributed by atoms with Gasteiger partial charge in [0.25, 0.3) is 6.33 Å². The summed E-state index contributed by atoms with van der Waals surface area (Å²) in [5.41, 5.74) is 11.9. The van der Waals surface area contributed by atoms with Gasteiger partial charge in [-0.1, -0.05) is 180 Å². The third kappa shape index (κ3) is 8.62. The molecule has 0 radical (unpaired) electrons. The summed E-state index contributed by atoms with van der Waals surface area (Å²) in [6.07, 6.45) is 5.65. The van der Waals surface area contributed by atoms with Crippen LogP contribution < -0.4 is 9.42 Å². The summed E-state index contributed by atoms with van der Waals surface area (Å²) < 4.78 is 13.1. The van der Waals surface area contributed by atoms with Gasteiger partial charge >= 0.3 is 0 Å². The lowest BCUT2D eigenvalue weighted by Crippen LogP contribution is -2.34. The van der Waals surface area contributed by atoms with E-state index in [9.17, 15) is 0 Å². The predicted molar refractivity (Wildman–Crippen MR) is 268 cm³/mol. The van der Waals surface area contributed by atoms with E-state index in [2.05, 4.69) is 232 Å². The second-order valence-corrected chi connectivity index (χ2v) is 21.6. The lowest BCUT2D eigenvalue weighted by atomic mass is 9.80. The topological polar surface area (TPSA) is 48.8 Å². The molecule has 0 fully saturated rings. The maximum absolute atomic E-state index is 6.83. The number of ether oxygens (including phenoxy) is 1. The van der Waals surface area contributed by atoms with Crippen molar-refractivity contribution in [2.45, 2.75) is 105 Å². The number of fused-ring (bicyclic) bond motifs is 3. The number of rotatable bonds is 7. The average molecular weight is 856 g/mol. The van der Waals surface area contributed by atoms with Gasteiger partial charge in [0.1, 0.15) is 17.3 Å². The molecule has 0 aliphatic rings.